The fraction of sp³-hybridized carbons (Fsp3) is 0.325. The first-order chi connectivity index (χ1) is 23.9. The van der Waals surface area contributed by atoms with Gasteiger partial charge in [-0.2, -0.15) is 13.2 Å². The molecule has 1 aliphatic heterocycles. The number of hydrogen-bond acceptors (Lipinski definition) is 4. The quantitative estimate of drug-likeness (QED) is 0.158. The maximum Gasteiger partial charge on any atom is 0.416 e. The van der Waals surface area contributed by atoms with Gasteiger partial charge in [-0.05, 0) is 77.9 Å². The van der Waals surface area contributed by atoms with Crippen LogP contribution in [0.2, 0.25) is 0 Å². The zero-order valence-corrected chi connectivity index (χ0v) is 28.5. The van der Waals surface area contributed by atoms with Crippen molar-refractivity contribution in [1.82, 2.24) is 5.32 Å². The molecule has 3 amide bonds. The number of nitrogens with one attached hydrogen (secondary N) is 1. The summed E-state index contributed by atoms with van der Waals surface area (Å²) in [4.78, 5) is 45.0. The summed E-state index contributed by atoms with van der Waals surface area (Å²) < 4.78 is 39.6. The van der Waals surface area contributed by atoms with Crippen LogP contribution in [-0.4, -0.2) is 30.3 Å². The van der Waals surface area contributed by atoms with E-state index in [0.29, 0.717) is 36.1 Å². The molecular formula is C40H43F3N4O3. The fourth-order valence-electron chi connectivity index (χ4n) is 6.69. The van der Waals surface area contributed by atoms with Gasteiger partial charge in [0.15, 0.2) is 0 Å². The summed E-state index contributed by atoms with van der Waals surface area (Å²) in [5.74, 6) is -2.53. The molecular weight excluding hydrogens is 641 g/mol. The lowest BCUT2D eigenvalue weighted by Crippen LogP contribution is -2.54. The van der Waals surface area contributed by atoms with E-state index in [-0.39, 0.29) is 24.9 Å². The highest BCUT2D eigenvalue weighted by molar-refractivity contribution is 6.04. The van der Waals surface area contributed by atoms with Crippen molar-refractivity contribution in [3.63, 3.8) is 0 Å². The zero-order chi connectivity index (χ0) is 36.0. The third kappa shape index (κ3) is 8.35. The van der Waals surface area contributed by atoms with Gasteiger partial charge in [0.1, 0.15) is 6.04 Å². The Morgan fingerprint density at radius 1 is 0.860 bits per heavy atom. The molecule has 4 aromatic rings. The molecule has 0 aliphatic carbocycles. The third-order valence-corrected chi connectivity index (χ3v) is 9.10. The Balaban J connectivity index is 1.53. The summed E-state index contributed by atoms with van der Waals surface area (Å²) in [6, 6.07) is 28.4. The van der Waals surface area contributed by atoms with E-state index < -0.39 is 41.4 Å². The molecule has 3 N–H and O–H groups in total. The van der Waals surface area contributed by atoms with Crippen molar-refractivity contribution in [2.75, 3.05) is 16.3 Å². The van der Waals surface area contributed by atoms with Gasteiger partial charge in [0.2, 0.25) is 11.8 Å². The predicted molar refractivity (Wildman–Crippen MR) is 190 cm³/mol. The van der Waals surface area contributed by atoms with Crippen LogP contribution in [0.4, 0.5) is 30.2 Å². The smallest absolute Gasteiger partial charge is 0.369 e. The van der Waals surface area contributed by atoms with Gasteiger partial charge in [-0.3, -0.25) is 14.4 Å². The van der Waals surface area contributed by atoms with Gasteiger partial charge < -0.3 is 20.9 Å². The van der Waals surface area contributed by atoms with Crippen molar-refractivity contribution in [1.29, 1.82) is 0 Å². The number of halogens is 3. The summed E-state index contributed by atoms with van der Waals surface area (Å²) in [6.07, 6.45) is -2.87. The largest absolute Gasteiger partial charge is 0.416 e. The molecule has 0 aromatic heterocycles. The van der Waals surface area contributed by atoms with E-state index in [9.17, 15) is 27.6 Å². The van der Waals surface area contributed by atoms with E-state index >= 15 is 0 Å². The first-order valence-corrected chi connectivity index (χ1v) is 17.0. The lowest BCUT2D eigenvalue weighted by molar-refractivity contribution is -0.137. The Morgan fingerprint density at radius 2 is 1.52 bits per heavy atom. The number of para-hydroxylation sites is 3. The number of carbonyl (C=O) groups excluding carboxylic acids is 3. The number of alkyl halides is 3. The second-order valence-corrected chi connectivity index (χ2v) is 13.2. The van der Waals surface area contributed by atoms with Crippen molar-refractivity contribution in [2.24, 2.45) is 23.5 Å². The van der Waals surface area contributed by atoms with E-state index in [2.05, 4.69) is 5.32 Å². The topological polar surface area (TPSA) is 95.7 Å². The van der Waals surface area contributed by atoms with Crippen molar-refractivity contribution >= 4 is 34.8 Å². The number of rotatable bonds is 12. The molecule has 10 heteroatoms. The van der Waals surface area contributed by atoms with E-state index in [1.807, 2.05) is 98.5 Å². The van der Waals surface area contributed by atoms with Crippen molar-refractivity contribution in [3.8, 4) is 11.1 Å². The minimum Gasteiger partial charge on any atom is -0.369 e. The Hall–Kier alpha value is -5.12. The molecule has 4 aromatic carbocycles. The Bertz CT molecular complexity index is 1790. The normalized spacial score (nSPS) is 16.1. The average Bonchev–Trinajstić information content (AvgIpc) is 3.20. The summed E-state index contributed by atoms with van der Waals surface area (Å²) in [5, 5.41) is 3.04. The summed E-state index contributed by atoms with van der Waals surface area (Å²) in [5.41, 5.74) is 9.38. The molecule has 1 unspecified atom stereocenters. The number of fused-ring (bicyclic) bond motifs is 1. The van der Waals surface area contributed by atoms with Crippen LogP contribution in [0.1, 0.15) is 51.2 Å². The summed E-state index contributed by atoms with van der Waals surface area (Å²) in [7, 11) is 0. The van der Waals surface area contributed by atoms with Gasteiger partial charge in [0.05, 0.1) is 30.0 Å². The number of nitrogens with two attached hydrogens (primary N) is 1. The van der Waals surface area contributed by atoms with Crippen LogP contribution in [-0.2, 0) is 27.1 Å². The van der Waals surface area contributed by atoms with Gasteiger partial charge in [0, 0.05) is 17.5 Å². The standard InChI is InChI=1S/C40H43F3N4O3/c1-4-11-32(37(44)48)33(22-26(2)3)38(49)45-34-25-46(31-14-6-5-7-15-31)35-16-8-9-17-36(35)47(39(34)50)24-27-12-10-13-29(23-27)28-18-20-30(21-19-28)40(41,42)43/h5-10,12-21,23,26,32-34H,4,11,22,24-25H2,1-3H3,(H2,44,48)(H,45,49)/t32-,33+,34?/m0/s1. The fourth-order valence-corrected chi connectivity index (χ4v) is 6.69. The highest BCUT2D eigenvalue weighted by Crippen LogP contribution is 2.39. The number of amides is 3. The number of nitrogens with zero attached hydrogens (tertiary/aromatic N) is 2. The molecule has 0 spiro atoms. The molecule has 1 heterocycles. The molecule has 3 atom stereocenters. The van der Waals surface area contributed by atoms with Crippen LogP contribution >= 0.6 is 0 Å². The monoisotopic (exact) mass is 684 g/mol. The maximum absolute atomic E-state index is 14.7. The number of primary amides is 1. The molecule has 0 bridgehead atoms. The molecule has 1 aliphatic rings. The van der Waals surface area contributed by atoms with Gasteiger partial charge in [-0.15, -0.1) is 0 Å². The van der Waals surface area contributed by atoms with Crippen LogP contribution in [0.5, 0.6) is 0 Å². The summed E-state index contributed by atoms with van der Waals surface area (Å²) in [6.45, 7) is 6.17. The van der Waals surface area contributed by atoms with Gasteiger partial charge >= 0.3 is 6.18 Å². The van der Waals surface area contributed by atoms with E-state index in [1.54, 1.807) is 11.0 Å². The molecule has 0 fully saturated rings. The molecule has 0 saturated heterocycles. The highest BCUT2D eigenvalue weighted by atomic mass is 19.4. The van der Waals surface area contributed by atoms with Crippen molar-refractivity contribution < 1.29 is 27.6 Å². The van der Waals surface area contributed by atoms with E-state index in [0.717, 1.165) is 29.1 Å². The van der Waals surface area contributed by atoms with Gasteiger partial charge in [-0.1, -0.05) is 87.9 Å². The molecule has 5 rings (SSSR count). The SMILES string of the molecule is CCC[C@H](C(N)=O)[C@@H](CC(C)C)C(=O)NC1CN(c2ccccc2)c2ccccc2N(Cc2cccc(-c3ccc(C(F)(F)F)cc3)c2)C1=O. The predicted octanol–water partition coefficient (Wildman–Crippen LogP) is 8.11. The van der Waals surface area contributed by atoms with E-state index in [1.165, 1.54) is 12.1 Å². The lowest BCUT2D eigenvalue weighted by Gasteiger charge is -2.30. The maximum atomic E-state index is 14.7. The average molecular weight is 685 g/mol. The van der Waals surface area contributed by atoms with Crippen LogP contribution in [0.15, 0.2) is 103 Å². The zero-order valence-electron chi connectivity index (χ0n) is 28.5. The molecule has 0 saturated carbocycles. The minimum absolute atomic E-state index is 0.104. The van der Waals surface area contributed by atoms with Crippen LogP contribution in [0, 0.1) is 17.8 Å². The third-order valence-electron chi connectivity index (χ3n) is 9.10. The number of carbonyl (C=O) groups is 3. The Morgan fingerprint density at radius 3 is 2.14 bits per heavy atom. The minimum atomic E-state index is -4.44. The summed E-state index contributed by atoms with van der Waals surface area (Å²) >= 11 is 0. The van der Waals surface area contributed by atoms with Crippen LogP contribution in [0.25, 0.3) is 11.1 Å². The van der Waals surface area contributed by atoms with E-state index in [4.69, 9.17) is 5.73 Å². The Kier molecular flexibility index (Phi) is 11.3. The number of benzene rings is 4. The van der Waals surface area contributed by atoms with Crippen LogP contribution in [0.3, 0.4) is 0 Å². The van der Waals surface area contributed by atoms with Gasteiger partial charge in [0.25, 0.3) is 5.91 Å². The van der Waals surface area contributed by atoms with Crippen LogP contribution < -0.4 is 20.9 Å². The highest BCUT2D eigenvalue weighted by Gasteiger charge is 2.39. The van der Waals surface area contributed by atoms with Crippen molar-refractivity contribution in [3.05, 3.63) is 114 Å². The molecule has 50 heavy (non-hydrogen) atoms. The lowest BCUT2D eigenvalue weighted by atomic mass is 9.81. The number of hydrogen-bond donors (Lipinski definition) is 2. The van der Waals surface area contributed by atoms with Gasteiger partial charge in [-0.25, -0.2) is 0 Å². The molecule has 7 nitrogen and oxygen atoms in total. The first kappa shape index (κ1) is 36.2. The van der Waals surface area contributed by atoms with Crippen molar-refractivity contribution in [2.45, 2.75) is 58.8 Å². The first-order valence-electron chi connectivity index (χ1n) is 17.0. The second kappa shape index (κ2) is 15.6. The Labute approximate surface area is 291 Å². The second-order valence-electron chi connectivity index (χ2n) is 13.2. The molecule has 0 radical (unpaired) electrons. The molecule has 262 valence electrons. The number of anilines is 3.